The summed E-state index contributed by atoms with van der Waals surface area (Å²) in [6.07, 6.45) is 2.64. The lowest BCUT2D eigenvalue weighted by atomic mass is 10.0. The van der Waals surface area contributed by atoms with Crippen LogP contribution in [-0.2, 0) is 16.0 Å². The summed E-state index contributed by atoms with van der Waals surface area (Å²) < 4.78 is 5.41. The summed E-state index contributed by atoms with van der Waals surface area (Å²) >= 11 is 0. The van der Waals surface area contributed by atoms with Crippen LogP contribution in [0.15, 0.2) is 48.5 Å². The molecule has 1 atom stereocenters. The molecule has 4 nitrogen and oxygen atoms in total. The Morgan fingerprint density at radius 2 is 1.96 bits per heavy atom. The summed E-state index contributed by atoms with van der Waals surface area (Å²) in [7, 11) is 1.77. The van der Waals surface area contributed by atoms with Crippen molar-refractivity contribution in [1.82, 2.24) is 0 Å². The molecule has 1 aliphatic heterocycles. The third-order valence-corrected chi connectivity index (χ3v) is 4.88. The average molecular weight is 338 g/mol. The van der Waals surface area contributed by atoms with Gasteiger partial charge in [0.1, 0.15) is 0 Å². The van der Waals surface area contributed by atoms with Crippen molar-refractivity contribution >= 4 is 17.3 Å². The average Bonchev–Trinajstić information content (AvgIpc) is 3.11. The second-order valence-electron chi connectivity index (χ2n) is 6.61. The molecule has 1 heterocycles. The molecule has 1 amide bonds. The lowest BCUT2D eigenvalue weighted by Gasteiger charge is -2.18. The summed E-state index contributed by atoms with van der Waals surface area (Å²) in [4.78, 5) is 14.5. The Morgan fingerprint density at radius 3 is 2.64 bits per heavy atom. The largest absolute Gasteiger partial charge is 0.380 e. The molecule has 1 fully saturated rings. The molecule has 1 saturated heterocycles. The van der Waals surface area contributed by atoms with E-state index in [9.17, 15) is 4.79 Å². The van der Waals surface area contributed by atoms with Crippen LogP contribution in [0, 0.1) is 6.92 Å². The molecule has 0 bridgehead atoms. The van der Waals surface area contributed by atoms with Crippen LogP contribution in [0.3, 0.4) is 0 Å². The zero-order chi connectivity index (χ0) is 17.6. The van der Waals surface area contributed by atoms with Gasteiger partial charge in [-0.2, -0.15) is 0 Å². The van der Waals surface area contributed by atoms with E-state index in [4.69, 9.17) is 4.74 Å². The van der Waals surface area contributed by atoms with Crippen molar-refractivity contribution in [3.05, 3.63) is 59.7 Å². The minimum atomic E-state index is 0.0524. The van der Waals surface area contributed by atoms with Gasteiger partial charge in [0.15, 0.2) is 0 Å². The van der Waals surface area contributed by atoms with E-state index in [-0.39, 0.29) is 5.91 Å². The third kappa shape index (κ3) is 4.60. The molecular formula is C21H26N2O2. The van der Waals surface area contributed by atoms with Gasteiger partial charge in [-0.1, -0.05) is 24.3 Å². The molecule has 2 aromatic rings. The predicted octanol–water partition coefficient (Wildman–Crippen LogP) is 3.79. The monoisotopic (exact) mass is 338 g/mol. The molecule has 0 aromatic heterocycles. The summed E-state index contributed by atoms with van der Waals surface area (Å²) in [5.41, 5.74) is 4.49. The molecule has 1 N–H and O–H groups in total. The Balaban J connectivity index is 1.51. The summed E-state index contributed by atoms with van der Waals surface area (Å²) in [6, 6.07) is 16.3. The lowest BCUT2D eigenvalue weighted by Crippen LogP contribution is -2.22. The van der Waals surface area contributed by atoms with Crippen molar-refractivity contribution in [3.63, 3.8) is 0 Å². The Kier molecular flexibility index (Phi) is 5.71. The lowest BCUT2D eigenvalue weighted by molar-refractivity contribution is -0.116. The van der Waals surface area contributed by atoms with Gasteiger partial charge >= 0.3 is 0 Å². The number of hydrogen-bond acceptors (Lipinski definition) is 3. The highest BCUT2D eigenvalue weighted by atomic mass is 16.5. The molecule has 4 heteroatoms. The maximum Gasteiger partial charge on any atom is 0.224 e. The predicted molar refractivity (Wildman–Crippen MR) is 102 cm³/mol. The zero-order valence-corrected chi connectivity index (χ0v) is 15.0. The molecule has 132 valence electrons. The number of carbonyl (C=O) groups excluding carboxylic acids is 1. The summed E-state index contributed by atoms with van der Waals surface area (Å²) in [5, 5.41) is 2.99. The van der Waals surface area contributed by atoms with E-state index < -0.39 is 0 Å². The molecule has 0 saturated carbocycles. The van der Waals surface area contributed by atoms with Crippen LogP contribution < -0.4 is 10.2 Å². The molecule has 2 aromatic carbocycles. The van der Waals surface area contributed by atoms with E-state index in [0.717, 1.165) is 31.6 Å². The first kappa shape index (κ1) is 17.5. The minimum Gasteiger partial charge on any atom is -0.380 e. The van der Waals surface area contributed by atoms with Crippen LogP contribution in [0.1, 0.15) is 24.0 Å². The van der Waals surface area contributed by atoms with Crippen LogP contribution in [0.4, 0.5) is 11.4 Å². The smallest absolute Gasteiger partial charge is 0.224 e. The number of benzene rings is 2. The van der Waals surface area contributed by atoms with Crippen molar-refractivity contribution in [1.29, 1.82) is 0 Å². The van der Waals surface area contributed by atoms with Gasteiger partial charge in [-0.15, -0.1) is 0 Å². The van der Waals surface area contributed by atoms with Crippen molar-refractivity contribution in [2.45, 2.75) is 32.3 Å². The second-order valence-corrected chi connectivity index (χ2v) is 6.61. The number of anilines is 2. The van der Waals surface area contributed by atoms with Gasteiger partial charge in [0.2, 0.25) is 5.91 Å². The summed E-state index contributed by atoms with van der Waals surface area (Å²) in [6.45, 7) is 4.03. The van der Waals surface area contributed by atoms with E-state index >= 15 is 0 Å². The van der Waals surface area contributed by atoms with Crippen molar-refractivity contribution in [2.75, 3.05) is 30.4 Å². The van der Waals surface area contributed by atoms with Crippen molar-refractivity contribution < 1.29 is 9.53 Å². The van der Waals surface area contributed by atoms with Crippen LogP contribution in [-0.4, -0.2) is 32.2 Å². The van der Waals surface area contributed by atoms with E-state index in [1.165, 1.54) is 16.8 Å². The molecule has 1 aliphatic rings. The number of nitrogens with one attached hydrogen (secondary N) is 1. The number of rotatable bonds is 6. The topological polar surface area (TPSA) is 41.6 Å². The first-order valence-corrected chi connectivity index (χ1v) is 8.88. The molecule has 0 spiro atoms. The van der Waals surface area contributed by atoms with Gasteiger partial charge in [0, 0.05) is 38.0 Å². The van der Waals surface area contributed by atoms with E-state index in [1.807, 2.05) is 24.3 Å². The number of ether oxygens (including phenoxy) is 1. The van der Waals surface area contributed by atoms with Crippen molar-refractivity contribution in [3.8, 4) is 0 Å². The zero-order valence-electron chi connectivity index (χ0n) is 15.0. The maximum absolute atomic E-state index is 12.2. The highest BCUT2D eigenvalue weighted by Gasteiger charge is 2.22. The van der Waals surface area contributed by atoms with Gasteiger partial charge in [-0.3, -0.25) is 4.79 Å². The van der Waals surface area contributed by atoms with Gasteiger partial charge in [0.25, 0.3) is 0 Å². The van der Waals surface area contributed by atoms with Gasteiger partial charge in [-0.25, -0.2) is 0 Å². The van der Waals surface area contributed by atoms with Crippen LogP contribution in [0.2, 0.25) is 0 Å². The first-order valence-electron chi connectivity index (χ1n) is 8.88. The fourth-order valence-corrected chi connectivity index (χ4v) is 3.27. The Labute approximate surface area is 149 Å². The van der Waals surface area contributed by atoms with Gasteiger partial charge < -0.3 is 15.0 Å². The van der Waals surface area contributed by atoms with E-state index in [2.05, 4.69) is 41.4 Å². The van der Waals surface area contributed by atoms with E-state index in [1.54, 1.807) is 7.11 Å². The minimum absolute atomic E-state index is 0.0524. The number of hydrogen-bond donors (Lipinski definition) is 1. The number of aryl methyl sites for hydroxylation is 2. The Bertz CT molecular complexity index is 712. The maximum atomic E-state index is 12.2. The van der Waals surface area contributed by atoms with Crippen LogP contribution >= 0.6 is 0 Å². The van der Waals surface area contributed by atoms with Gasteiger partial charge in [0.05, 0.1) is 6.10 Å². The first-order chi connectivity index (χ1) is 12.2. The number of carbonyl (C=O) groups is 1. The number of amides is 1. The van der Waals surface area contributed by atoms with Crippen LogP contribution in [0.25, 0.3) is 0 Å². The molecule has 0 aliphatic carbocycles. The SMILES string of the molecule is COC1CCN(c2ccc(NC(=O)CCc3ccccc3C)cc2)C1. The summed E-state index contributed by atoms with van der Waals surface area (Å²) in [5.74, 6) is 0.0524. The Morgan fingerprint density at radius 1 is 1.20 bits per heavy atom. The number of nitrogens with zero attached hydrogens (tertiary/aromatic N) is 1. The molecule has 3 rings (SSSR count). The van der Waals surface area contributed by atoms with Crippen LogP contribution in [0.5, 0.6) is 0 Å². The van der Waals surface area contributed by atoms with Gasteiger partial charge in [-0.05, 0) is 55.2 Å². The molecule has 1 unspecified atom stereocenters. The highest BCUT2D eigenvalue weighted by Crippen LogP contribution is 2.23. The molecule has 0 radical (unpaired) electrons. The third-order valence-electron chi connectivity index (χ3n) is 4.88. The second kappa shape index (κ2) is 8.17. The fourth-order valence-electron chi connectivity index (χ4n) is 3.27. The molecule has 25 heavy (non-hydrogen) atoms. The van der Waals surface area contributed by atoms with E-state index in [0.29, 0.717) is 12.5 Å². The Hall–Kier alpha value is -2.33. The van der Waals surface area contributed by atoms with Crippen molar-refractivity contribution in [2.24, 2.45) is 0 Å². The quantitative estimate of drug-likeness (QED) is 0.871. The number of methoxy groups -OCH3 is 1. The highest BCUT2D eigenvalue weighted by molar-refractivity contribution is 5.91. The molecular weight excluding hydrogens is 312 g/mol. The standard InChI is InChI=1S/C21H26N2O2/c1-16-5-3-4-6-17(16)7-12-21(24)22-18-8-10-19(11-9-18)23-14-13-20(15-23)25-2/h3-6,8-11,20H,7,12-15H2,1-2H3,(H,22,24). The fraction of sp³-hybridized carbons (Fsp3) is 0.381. The normalized spacial score (nSPS) is 16.9.